The lowest BCUT2D eigenvalue weighted by molar-refractivity contribution is -0.139. The molecule has 3 rings (SSSR count). The van der Waals surface area contributed by atoms with Crippen LogP contribution in [0.15, 0.2) is 35.5 Å². The van der Waals surface area contributed by atoms with Gasteiger partial charge in [0.2, 0.25) is 0 Å². The van der Waals surface area contributed by atoms with Crippen LogP contribution in [0.25, 0.3) is 0 Å². The highest BCUT2D eigenvalue weighted by atomic mass is 19.1. The predicted molar refractivity (Wildman–Crippen MR) is 72.6 cm³/mol. The summed E-state index contributed by atoms with van der Waals surface area (Å²) in [7, 11) is 0. The second-order valence-corrected chi connectivity index (χ2v) is 4.64. The van der Waals surface area contributed by atoms with Gasteiger partial charge in [-0.3, -0.25) is 9.59 Å². The van der Waals surface area contributed by atoms with Gasteiger partial charge in [0.1, 0.15) is 17.6 Å². The van der Waals surface area contributed by atoms with Gasteiger partial charge in [0.15, 0.2) is 0 Å². The summed E-state index contributed by atoms with van der Waals surface area (Å²) >= 11 is 0. The number of para-hydroxylation sites is 1. The van der Waals surface area contributed by atoms with Gasteiger partial charge in [0.25, 0.3) is 11.8 Å². The molecule has 1 atom stereocenters. The molecule has 2 aliphatic heterocycles. The number of nitrogens with one attached hydrogen (secondary N) is 2. The van der Waals surface area contributed by atoms with Crippen LogP contribution in [0.1, 0.15) is 6.92 Å². The van der Waals surface area contributed by atoms with E-state index in [-0.39, 0.29) is 23.6 Å². The molecule has 0 aromatic heterocycles. The van der Waals surface area contributed by atoms with E-state index in [1.165, 1.54) is 18.2 Å². The van der Waals surface area contributed by atoms with Crippen molar-refractivity contribution < 1.29 is 23.5 Å². The van der Waals surface area contributed by atoms with Gasteiger partial charge in [-0.25, -0.2) is 19.5 Å². The Kier molecular flexibility index (Phi) is 3.38. The minimum atomic E-state index is -1.04. The van der Waals surface area contributed by atoms with E-state index in [9.17, 15) is 18.8 Å². The highest BCUT2D eigenvalue weighted by Gasteiger charge is 2.51. The average molecular weight is 305 g/mol. The third-order valence-electron chi connectivity index (χ3n) is 3.37. The number of rotatable bonds is 3. The summed E-state index contributed by atoms with van der Waals surface area (Å²) in [5.74, 6) is -2.85. The summed E-state index contributed by atoms with van der Waals surface area (Å²) in [6.45, 7) is 1.75. The lowest BCUT2D eigenvalue weighted by Gasteiger charge is -2.16. The number of halogens is 1. The summed E-state index contributed by atoms with van der Waals surface area (Å²) in [6, 6.07) is 4.40. The molecular weight excluding hydrogens is 293 g/mol. The van der Waals surface area contributed by atoms with E-state index in [4.69, 9.17) is 4.74 Å². The van der Waals surface area contributed by atoms with Crippen LogP contribution < -0.4 is 15.8 Å². The zero-order valence-corrected chi connectivity index (χ0v) is 11.6. The molecule has 0 aliphatic carbocycles. The van der Waals surface area contributed by atoms with Gasteiger partial charge >= 0.3 is 5.97 Å². The molecule has 1 saturated heterocycles. The van der Waals surface area contributed by atoms with Crippen LogP contribution in [-0.2, 0) is 19.1 Å². The minimum Gasteiger partial charge on any atom is -0.461 e. The van der Waals surface area contributed by atoms with Crippen LogP contribution in [0.2, 0.25) is 0 Å². The van der Waals surface area contributed by atoms with Crippen molar-refractivity contribution in [2.24, 2.45) is 0 Å². The van der Waals surface area contributed by atoms with Crippen molar-refractivity contribution >= 4 is 23.5 Å². The molecule has 22 heavy (non-hydrogen) atoms. The number of benzene rings is 1. The maximum atomic E-state index is 13.9. The van der Waals surface area contributed by atoms with E-state index in [1.54, 1.807) is 6.92 Å². The zero-order valence-electron chi connectivity index (χ0n) is 11.6. The summed E-state index contributed by atoms with van der Waals surface area (Å²) in [4.78, 5) is 37.3. The molecule has 2 heterocycles. The van der Waals surface area contributed by atoms with E-state index in [0.29, 0.717) is 0 Å². The third-order valence-corrected chi connectivity index (χ3v) is 3.37. The molecule has 7 nitrogen and oxygen atoms in total. The maximum Gasteiger partial charge on any atom is 0.356 e. The van der Waals surface area contributed by atoms with Crippen molar-refractivity contribution in [3.63, 3.8) is 0 Å². The number of hydrazine groups is 1. The summed E-state index contributed by atoms with van der Waals surface area (Å²) < 4.78 is 18.7. The maximum absolute atomic E-state index is 13.9. The molecule has 0 bridgehead atoms. The molecule has 2 amide bonds. The molecular formula is C14H12FN3O4. The van der Waals surface area contributed by atoms with E-state index in [2.05, 4.69) is 10.9 Å². The molecule has 8 heteroatoms. The molecule has 0 spiro atoms. The van der Waals surface area contributed by atoms with E-state index >= 15 is 0 Å². The van der Waals surface area contributed by atoms with Crippen LogP contribution >= 0.6 is 0 Å². The van der Waals surface area contributed by atoms with Gasteiger partial charge in [-0.15, -0.1) is 0 Å². The molecule has 0 radical (unpaired) electrons. The molecule has 0 saturated carbocycles. The van der Waals surface area contributed by atoms with Crippen LogP contribution in [0.4, 0.5) is 10.1 Å². The normalized spacial score (nSPS) is 20.3. The second kappa shape index (κ2) is 5.23. The van der Waals surface area contributed by atoms with Gasteiger partial charge in [-0.2, -0.15) is 0 Å². The summed E-state index contributed by atoms with van der Waals surface area (Å²) in [6.07, 6.45) is 0. The Hall–Kier alpha value is -2.74. The number of nitrogens with zero attached hydrogens (tertiary/aromatic N) is 1. The van der Waals surface area contributed by atoms with Crippen molar-refractivity contribution in [3.8, 4) is 0 Å². The highest BCUT2D eigenvalue weighted by Crippen LogP contribution is 2.31. The van der Waals surface area contributed by atoms with Crippen molar-refractivity contribution in [1.29, 1.82) is 0 Å². The molecule has 1 aromatic rings. The average Bonchev–Trinajstić information content (AvgIpc) is 3.02. The lowest BCUT2D eigenvalue weighted by atomic mass is 10.1. The number of ether oxygens (including phenoxy) is 1. The largest absolute Gasteiger partial charge is 0.461 e. The quantitative estimate of drug-likeness (QED) is 0.603. The van der Waals surface area contributed by atoms with E-state index < -0.39 is 29.6 Å². The minimum absolute atomic E-state index is 0.0632. The van der Waals surface area contributed by atoms with Gasteiger partial charge in [-0.1, -0.05) is 12.1 Å². The topological polar surface area (TPSA) is 87.7 Å². The first-order valence-corrected chi connectivity index (χ1v) is 6.62. The van der Waals surface area contributed by atoms with Gasteiger partial charge in [-0.05, 0) is 19.1 Å². The summed E-state index contributed by atoms with van der Waals surface area (Å²) in [5, 5.41) is 0. The van der Waals surface area contributed by atoms with Crippen LogP contribution in [0.3, 0.4) is 0 Å². The fraction of sp³-hybridized carbons (Fsp3) is 0.214. The predicted octanol–water partition coefficient (Wildman–Crippen LogP) is -0.00750. The first kappa shape index (κ1) is 14.2. The molecule has 2 N–H and O–H groups in total. The Labute approximate surface area is 124 Å². The number of esters is 1. The number of hydrogen-bond acceptors (Lipinski definition) is 6. The van der Waals surface area contributed by atoms with Crippen molar-refractivity contribution in [3.05, 3.63) is 41.4 Å². The SMILES string of the molecule is CCOC(=O)C1=C2C(=O)N(c3ccccc3F)C(=O)C2NN1. The number of fused-ring (bicyclic) bond motifs is 1. The third kappa shape index (κ3) is 1.96. The Balaban J connectivity index is 2.04. The van der Waals surface area contributed by atoms with Gasteiger partial charge < -0.3 is 10.2 Å². The van der Waals surface area contributed by atoms with Crippen molar-refractivity contribution in [2.75, 3.05) is 11.5 Å². The zero-order chi connectivity index (χ0) is 15.9. The Morgan fingerprint density at radius 1 is 1.36 bits per heavy atom. The standard InChI is InChI=1S/C14H12FN3O4/c1-2-22-14(21)11-9-10(16-17-11)13(20)18(12(9)19)8-6-4-3-5-7(8)15/h3-6,10,16-17H,2H2,1H3. The highest BCUT2D eigenvalue weighted by molar-refractivity contribution is 6.32. The van der Waals surface area contributed by atoms with Gasteiger partial charge in [0.05, 0.1) is 17.9 Å². The van der Waals surface area contributed by atoms with E-state index in [1.807, 2.05) is 0 Å². The van der Waals surface area contributed by atoms with Crippen LogP contribution in [-0.4, -0.2) is 30.4 Å². The molecule has 1 aromatic carbocycles. The first-order chi connectivity index (χ1) is 10.6. The Morgan fingerprint density at radius 3 is 2.77 bits per heavy atom. The van der Waals surface area contributed by atoms with Crippen molar-refractivity contribution in [2.45, 2.75) is 13.0 Å². The lowest BCUT2D eigenvalue weighted by Crippen LogP contribution is -2.43. The smallest absolute Gasteiger partial charge is 0.356 e. The monoisotopic (exact) mass is 305 g/mol. The Morgan fingerprint density at radius 2 is 2.09 bits per heavy atom. The molecule has 1 unspecified atom stereocenters. The van der Waals surface area contributed by atoms with Crippen molar-refractivity contribution in [1.82, 2.24) is 10.9 Å². The number of hydrogen-bond donors (Lipinski definition) is 2. The number of imide groups is 1. The number of anilines is 1. The van der Waals surface area contributed by atoms with Crippen LogP contribution in [0, 0.1) is 5.82 Å². The number of amides is 2. The Bertz CT molecular complexity index is 716. The fourth-order valence-electron chi connectivity index (χ4n) is 2.42. The molecule has 2 aliphatic rings. The molecule has 1 fully saturated rings. The molecule has 114 valence electrons. The number of carbonyl (C=O) groups excluding carboxylic acids is 3. The number of carbonyl (C=O) groups is 3. The summed E-state index contributed by atoms with van der Waals surface area (Å²) in [5.41, 5.74) is 4.70. The second-order valence-electron chi connectivity index (χ2n) is 4.64. The van der Waals surface area contributed by atoms with Gasteiger partial charge in [0, 0.05) is 0 Å². The van der Waals surface area contributed by atoms with Crippen LogP contribution in [0.5, 0.6) is 0 Å². The van der Waals surface area contributed by atoms with E-state index in [0.717, 1.165) is 11.0 Å². The first-order valence-electron chi connectivity index (χ1n) is 6.62. The fourth-order valence-corrected chi connectivity index (χ4v) is 2.42.